The molecule has 1 rings (SSSR count). The molecule has 0 aromatic heterocycles. The van der Waals surface area contributed by atoms with Crippen molar-refractivity contribution in [3.63, 3.8) is 0 Å². The number of hydrogen-bond donors (Lipinski definition) is 2. The minimum Gasteiger partial charge on any atom is -0.329 e. The lowest BCUT2D eigenvalue weighted by molar-refractivity contribution is 0.582. The smallest absolute Gasteiger partial charge is 0.0578 e. The van der Waals surface area contributed by atoms with Crippen molar-refractivity contribution in [1.29, 1.82) is 0 Å². The molecule has 2 nitrogen and oxygen atoms in total. The Kier molecular flexibility index (Phi) is 5.13. The van der Waals surface area contributed by atoms with Crippen molar-refractivity contribution in [2.24, 2.45) is 5.73 Å². The number of nitrogens with two attached hydrogens (primary N) is 1. The van der Waals surface area contributed by atoms with E-state index in [-0.39, 0.29) is 6.04 Å². The van der Waals surface area contributed by atoms with Gasteiger partial charge in [0, 0.05) is 17.1 Å². The first-order valence-electron chi connectivity index (χ1n) is 4.51. The minimum absolute atomic E-state index is 0.0478. The van der Waals surface area contributed by atoms with Crippen LogP contribution < -0.4 is 11.1 Å². The van der Waals surface area contributed by atoms with Gasteiger partial charge in [-0.3, -0.25) is 5.32 Å². The molecular weight excluding hydrogens is 275 g/mol. The van der Waals surface area contributed by atoms with E-state index in [1.165, 1.54) is 0 Å². The summed E-state index contributed by atoms with van der Waals surface area (Å²) in [6.45, 7) is 0.981. The summed E-state index contributed by atoms with van der Waals surface area (Å²) in [5.74, 6) is 2.52. The molecule has 0 fully saturated rings. The van der Waals surface area contributed by atoms with Crippen LogP contribution in [0.15, 0.2) is 22.7 Å². The Morgan fingerprint density at radius 3 is 2.87 bits per heavy atom. The second-order valence-electron chi connectivity index (χ2n) is 3.05. The molecule has 0 saturated heterocycles. The van der Waals surface area contributed by atoms with Crippen LogP contribution in [0.3, 0.4) is 0 Å². The van der Waals surface area contributed by atoms with Gasteiger partial charge >= 0.3 is 0 Å². The van der Waals surface area contributed by atoms with Crippen LogP contribution in [0.1, 0.15) is 11.6 Å². The van der Waals surface area contributed by atoms with Crippen LogP contribution in [0.5, 0.6) is 0 Å². The Morgan fingerprint density at radius 2 is 2.33 bits per heavy atom. The Hall–Kier alpha value is -0.530. The summed E-state index contributed by atoms with van der Waals surface area (Å²) in [7, 11) is 0. The van der Waals surface area contributed by atoms with E-state index >= 15 is 0 Å². The lowest BCUT2D eigenvalue weighted by Gasteiger charge is -2.16. The maximum atomic E-state index is 5.99. The highest BCUT2D eigenvalue weighted by molar-refractivity contribution is 9.10. The molecule has 0 spiro atoms. The summed E-state index contributed by atoms with van der Waals surface area (Å²) in [5, 5.41) is 3.82. The van der Waals surface area contributed by atoms with Crippen molar-refractivity contribution in [2.45, 2.75) is 6.04 Å². The van der Waals surface area contributed by atoms with E-state index in [0.29, 0.717) is 18.1 Å². The Bertz CT molecular complexity index is 373. The average molecular weight is 288 g/mol. The van der Waals surface area contributed by atoms with Gasteiger partial charge in [-0.25, -0.2) is 0 Å². The standard InChI is InChI=1S/C11H12BrClN2/c1-2-5-15-11(7-14)8-3-4-9(12)10(13)6-8/h1,3-4,6,11,15H,5,7,14H2. The molecule has 1 aromatic rings. The molecule has 1 unspecified atom stereocenters. The molecule has 0 bridgehead atoms. The molecule has 0 aliphatic carbocycles. The molecule has 0 radical (unpaired) electrons. The minimum atomic E-state index is 0.0478. The zero-order chi connectivity index (χ0) is 11.3. The molecule has 0 saturated carbocycles. The van der Waals surface area contributed by atoms with E-state index in [2.05, 4.69) is 27.2 Å². The van der Waals surface area contributed by atoms with Crippen molar-refractivity contribution in [3.05, 3.63) is 33.3 Å². The van der Waals surface area contributed by atoms with Crippen LogP contribution in [-0.2, 0) is 0 Å². The fraction of sp³-hybridized carbons (Fsp3) is 0.273. The van der Waals surface area contributed by atoms with Crippen LogP contribution >= 0.6 is 27.5 Å². The van der Waals surface area contributed by atoms with Gasteiger partial charge in [0.2, 0.25) is 0 Å². The molecule has 0 aliphatic heterocycles. The summed E-state index contributed by atoms with van der Waals surface area (Å²) in [6.07, 6.45) is 5.18. The highest BCUT2D eigenvalue weighted by Gasteiger charge is 2.09. The second kappa shape index (κ2) is 6.14. The summed E-state index contributed by atoms with van der Waals surface area (Å²) < 4.78 is 0.876. The quantitative estimate of drug-likeness (QED) is 0.834. The van der Waals surface area contributed by atoms with Gasteiger partial charge < -0.3 is 5.73 Å². The zero-order valence-corrected chi connectivity index (χ0v) is 10.5. The van der Waals surface area contributed by atoms with Gasteiger partial charge in [0.15, 0.2) is 0 Å². The van der Waals surface area contributed by atoms with E-state index in [1.54, 1.807) is 0 Å². The Morgan fingerprint density at radius 1 is 1.60 bits per heavy atom. The molecular formula is C11H12BrClN2. The van der Waals surface area contributed by atoms with Crippen molar-refractivity contribution in [1.82, 2.24) is 5.32 Å². The number of halogens is 2. The number of rotatable bonds is 4. The van der Waals surface area contributed by atoms with Crippen molar-refractivity contribution < 1.29 is 0 Å². The second-order valence-corrected chi connectivity index (χ2v) is 4.31. The lowest BCUT2D eigenvalue weighted by Crippen LogP contribution is -2.28. The third-order valence-electron chi connectivity index (χ3n) is 2.03. The predicted octanol–water partition coefficient (Wildman–Crippen LogP) is 2.33. The SMILES string of the molecule is C#CCNC(CN)c1ccc(Br)c(Cl)c1. The van der Waals surface area contributed by atoms with Gasteiger partial charge in [-0.1, -0.05) is 23.6 Å². The van der Waals surface area contributed by atoms with Gasteiger partial charge in [-0.2, -0.15) is 0 Å². The van der Waals surface area contributed by atoms with Gasteiger partial charge in [-0.05, 0) is 33.6 Å². The van der Waals surface area contributed by atoms with Gasteiger partial charge in [0.1, 0.15) is 0 Å². The van der Waals surface area contributed by atoms with Crippen LogP contribution in [0.25, 0.3) is 0 Å². The molecule has 3 N–H and O–H groups in total. The third-order valence-corrected chi connectivity index (χ3v) is 3.26. The Labute approximate surface area is 103 Å². The highest BCUT2D eigenvalue weighted by atomic mass is 79.9. The van der Waals surface area contributed by atoms with E-state index in [4.69, 9.17) is 23.8 Å². The zero-order valence-electron chi connectivity index (χ0n) is 8.13. The first-order chi connectivity index (χ1) is 7.19. The van der Waals surface area contributed by atoms with Gasteiger partial charge in [0.05, 0.1) is 11.6 Å². The topological polar surface area (TPSA) is 38.0 Å². The number of benzene rings is 1. The first-order valence-corrected chi connectivity index (χ1v) is 5.68. The van der Waals surface area contributed by atoms with Gasteiger partial charge in [0.25, 0.3) is 0 Å². The van der Waals surface area contributed by atoms with Crippen molar-refractivity contribution in [3.8, 4) is 12.3 Å². The monoisotopic (exact) mass is 286 g/mol. The lowest BCUT2D eigenvalue weighted by atomic mass is 10.1. The first kappa shape index (κ1) is 12.5. The normalized spacial score (nSPS) is 12.1. The number of terminal acetylenes is 1. The maximum absolute atomic E-state index is 5.99. The predicted molar refractivity (Wildman–Crippen MR) is 67.8 cm³/mol. The summed E-state index contributed by atoms with van der Waals surface area (Å²) in [5.41, 5.74) is 6.69. The molecule has 4 heteroatoms. The number of hydrogen-bond acceptors (Lipinski definition) is 2. The molecule has 0 heterocycles. The Balaban J connectivity index is 2.83. The van der Waals surface area contributed by atoms with Crippen molar-refractivity contribution in [2.75, 3.05) is 13.1 Å². The maximum Gasteiger partial charge on any atom is 0.0578 e. The largest absolute Gasteiger partial charge is 0.329 e. The molecule has 1 atom stereocenters. The van der Waals surface area contributed by atoms with Crippen LogP contribution in [0.2, 0.25) is 5.02 Å². The molecule has 0 aliphatic rings. The summed E-state index contributed by atoms with van der Waals surface area (Å²) in [4.78, 5) is 0. The fourth-order valence-corrected chi connectivity index (χ4v) is 1.68. The fourth-order valence-electron chi connectivity index (χ4n) is 1.25. The van der Waals surface area contributed by atoms with Gasteiger partial charge in [-0.15, -0.1) is 6.42 Å². The number of nitrogens with one attached hydrogen (secondary N) is 1. The molecule has 1 aromatic carbocycles. The van der Waals surface area contributed by atoms with E-state index in [9.17, 15) is 0 Å². The summed E-state index contributed by atoms with van der Waals surface area (Å²) >= 11 is 9.33. The molecule has 80 valence electrons. The van der Waals surface area contributed by atoms with Crippen molar-refractivity contribution >= 4 is 27.5 Å². The van der Waals surface area contributed by atoms with E-state index in [0.717, 1.165) is 10.0 Å². The average Bonchev–Trinajstić information content (AvgIpc) is 2.24. The molecule has 15 heavy (non-hydrogen) atoms. The van der Waals surface area contributed by atoms with Crippen LogP contribution in [0, 0.1) is 12.3 Å². The van der Waals surface area contributed by atoms with Crippen LogP contribution in [-0.4, -0.2) is 13.1 Å². The highest BCUT2D eigenvalue weighted by Crippen LogP contribution is 2.25. The van der Waals surface area contributed by atoms with Crippen LogP contribution in [0.4, 0.5) is 0 Å². The van der Waals surface area contributed by atoms with E-state index in [1.807, 2.05) is 18.2 Å². The summed E-state index contributed by atoms with van der Waals surface area (Å²) in [6, 6.07) is 5.80. The van der Waals surface area contributed by atoms with E-state index < -0.39 is 0 Å². The molecule has 0 amide bonds. The third kappa shape index (κ3) is 3.51.